The number of amides is 6. The van der Waals surface area contributed by atoms with Crippen molar-refractivity contribution in [2.45, 2.75) is 81.2 Å². The number of ether oxygens (including phenoxy) is 2. The molecule has 9 atom stereocenters. The summed E-state index contributed by atoms with van der Waals surface area (Å²) in [5.74, 6) is -4.54. The van der Waals surface area contributed by atoms with Gasteiger partial charge >= 0.3 is 0 Å². The number of aliphatic hydroxyl groups excluding tert-OH is 3. The molecule has 0 spiro atoms. The molecule has 0 radical (unpaired) electrons. The number of carbonyl (C=O) groups is 6. The molecule has 0 aliphatic carbocycles. The van der Waals surface area contributed by atoms with Crippen LogP contribution in [0, 0.1) is 5.92 Å². The molecule has 5 aromatic rings. The Balaban J connectivity index is 1.40. The smallest absolute Gasteiger partial charge is 0.250 e. The van der Waals surface area contributed by atoms with Crippen molar-refractivity contribution in [1.82, 2.24) is 37.3 Å². The summed E-state index contributed by atoms with van der Waals surface area (Å²) in [5.41, 5.74) is 7.03. The Morgan fingerprint density at radius 1 is 0.713 bits per heavy atom. The second kappa shape index (κ2) is 23.9. The zero-order valence-corrected chi connectivity index (χ0v) is 44.2. The molecule has 5 aliphatic heterocycles. The Labute approximate surface area is 465 Å². The number of primary amides is 1. The van der Waals surface area contributed by atoms with Gasteiger partial charge in [0.2, 0.25) is 41.2 Å². The number of fused-ring (bicyclic) bond motifs is 14. The van der Waals surface area contributed by atoms with E-state index < -0.39 is 143 Å². The number of aromatic hydroxyl groups is 4. The van der Waals surface area contributed by atoms with Crippen molar-refractivity contribution in [1.29, 1.82) is 0 Å². The molecular weight excluding hydrogens is 1090 g/mol. The average Bonchev–Trinajstić information content (AvgIpc) is 3.42. The third-order valence-electron chi connectivity index (χ3n) is 13.5. The Morgan fingerprint density at radius 2 is 1.32 bits per heavy atom. The number of hydrogen-bond donors (Lipinski definition) is 16. The molecule has 10 rings (SSSR count). The number of amidine groups is 1. The molecule has 0 unspecified atom stereocenters. The third kappa shape index (κ3) is 12.1. The summed E-state index contributed by atoms with van der Waals surface area (Å²) in [5, 5.41) is 95.3. The fourth-order valence-corrected chi connectivity index (χ4v) is 9.91. The number of benzene rings is 5. The number of aliphatic imine (C=N–C) groups is 1. The molecule has 5 aromatic carbocycles. The van der Waals surface area contributed by atoms with Crippen molar-refractivity contribution in [2.75, 3.05) is 13.7 Å². The van der Waals surface area contributed by atoms with Crippen LogP contribution in [0.1, 0.15) is 84.8 Å². The van der Waals surface area contributed by atoms with Gasteiger partial charge in [-0.1, -0.05) is 55.2 Å². The van der Waals surface area contributed by atoms with E-state index in [1.807, 2.05) is 13.8 Å². The van der Waals surface area contributed by atoms with Gasteiger partial charge in [0.25, 0.3) is 0 Å². The van der Waals surface area contributed by atoms with Crippen LogP contribution in [0.25, 0.3) is 11.1 Å². The predicted molar refractivity (Wildman–Crippen MR) is 286 cm³/mol. The Bertz CT molecular complexity index is 3330. The summed E-state index contributed by atoms with van der Waals surface area (Å²) in [6.07, 6.45) is -4.50. The maximum Gasteiger partial charge on any atom is 0.250 e. The highest BCUT2D eigenvalue weighted by Gasteiger charge is 2.40. The van der Waals surface area contributed by atoms with E-state index in [9.17, 15) is 59.7 Å². The van der Waals surface area contributed by atoms with Crippen molar-refractivity contribution in [3.63, 3.8) is 0 Å². The first kappa shape index (κ1) is 57.7. The van der Waals surface area contributed by atoms with Gasteiger partial charge in [-0.05, 0) is 102 Å². The van der Waals surface area contributed by atoms with Gasteiger partial charge in [-0.3, -0.25) is 33.8 Å². The summed E-state index contributed by atoms with van der Waals surface area (Å²) in [7, 11) is 1.52. The van der Waals surface area contributed by atoms with E-state index in [4.69, 9.17) is 49.2 Å². The molecule has 0 saturated carbocycles. The first-order chi connectivity index (χ1) is 38.0. The number of aliphatic hydroxyl groups is 3. The first-order valence-corrected chi connectivity index (χ1v) is 25.5. The minimum absolute atomic E-state index is 0.0154. The van der Waals surface area contributed by atoms with Gasteiger partial charge in [0.05, 0.1) is 35.2 Å². The van der Waals surface area contributed by atoms with E-state index in [2.05, 4.69) is 37.3 Å². The zero-order valence-electron chi connectivity index (χ0n) is 42.7. The molecule has 27 heteroatoms. The summed E-state index contributed by atoms with van der Waals surface area (Å²) in [4.78, 5) is 90.5. The highest BCUT2D eigenvalue weighted by Crippen LogP contribution is 2.48. The lowest BCUT2D eigenvalue weighted by Gasteiger charge is -2.31. The molecule has 25 nitrogen and oxygen atoms in total. The van der Waals surface area contributed by atoms with Crippen LogP contribution in [0.5, 0.6) is 46.0 Å². The topological polar surface area (TPSA) is 411 Å². The number of likely N-dealkylation sites (N-methyl/N-ethyl adjacent to an activating group) is 1. The fraction of sp³-hybridized carbons (Fsp3) is 0.302. The standard InChI is InChI=1S/C53H56Cl2N10O15/c1-20(2)10-30(58-3)49(74)63-43-45(71)22-5-8-35(28(54)12-22)79-37-14-24-15-38(47(37)73)80-36-9-6-23(13-29(36)55)46(72)44-53(78)60-32(19-66)26-16-25(67)17-34(69)40(26)27-11-21(4-7-33(27)68)42(51(76)64-44)61-48(65-57)41(24)62-50(75)31(18-39(56)70)59-52(43)77/h4-9,11-17,20,30-32,41-46,58,66-69,71-73H,10,18-19,57H2,1-3H3,(H2,56,70)(H,59,77)(H,60,78)(H,61,65)(H,62,75)(H,63,74)(H,64,76)/t30-,31+,32-,41-,42-,43-,44+,45-,46-/m1/s1. The summed E-state index contributed by atoms with van der Waals surface area (Å²) in [6.45, 7) is 2.83. The van der Waals surface area contributed by atoms with Gasteiger partial charge < -0.3 is 88.3 Å². The SMILES string of the molecule is CN[C@H](CC(C)C)C(=O)N[C@H]1C(=O)N[C@@H](CC(N)=O)C(=O)N[C@H]2C(NN)=N[C@H]3C(=O)N[C@H](C(=O)N[C@H](CO)c4cc(O)cc(O)c4-c4cc3ccc4O)[C@H](O)c3ccc(c(Cl)c3)Oc3cc2cc(c3O)Oc2ccc(cc2Cl)[C@H]1O. The van der Waals surface area contributed by atoms with E-state index in [0.717, 1.165) is 18.2 Å². The van der Waals surface area contributed by atoms with Crippen LogP contribution in [0.3, 0.4) is 0 Å². The van der Waals surface area contributed by atoms with Gasteiger partial charge in [0, 0.05) is 17.2 Å². The maximum absolute atomic E-state index is 15.1. The van der Waals surface area contributed by atoms with Crippen LogP contribution in [-0.2, 0) is 28.8 Å². The van der Waals surface area contributed by atoms with Crippen molar-refractivity contribution >= 4 is 64.5 Å². The van der Waals surface area contributed by atoms with Crippen LogP contribution in [0.4, 0.5) is 0 Å². The molecule has 80 heavy (non-hydrogen) atoms. The number of hydrazine groups is 1. The van der Waals surface area contributed by atoms with E-state index in [1.54, 1.807) is 0 Å². The highest BCUT2D eigenvalue weighted by atomic mass is 35.5. The lowest BCUT2D eigenvalue weighted by molar-refractivity contribution is -0.136. The van der Waals surface area contributed by atoms with Crippen LogP contribution in [-0.4, -0.2) is 115 Å². The Hall–Kier alpha value is -8.43. The maximum atomic E-state index is 15.1. The number of nitrogens with one attached hydrogen (secondary N) is 7. The minimum Gasteiger partial charge on any atom is -0.508 e. The van der Waals surface area contributed by atoms with Crippen molar-refractivity contribution in [3.05, 3.63) is 117 Å². The summed E-state index contributed by atoms with van der Waals surface area (Å²) >= 11 is 13.6. The molecule has 18 N–H and O–H groups in total. The van der Waals surface area contributed by atoms with Gasteiger partial charge in [-0.15, -0.1) is 0 Å². The molecule has 5 heterocycles. The third-order valence-corrected chi connectivity index (χ3v) is 14.1. The number of phenolic OH excluding ortho intramolecular Hbond substituents is 4. The second-order valence-corrected chi connectivity index (χ2v) is 20.3. The molecule has 0 fully saturated rings. The number of rotatable bonds is 8. The Morgan fingerprint density at radius 3 is 1.90 bits per heavy atom. The van der Waals surface area contributed by atoms with Crippen LogP contribution < -0.4 is 58.4 Å². The molecule has 6 amide bonds. The van der Waals surface area contributed by atoms with Gasteiger partial charge in [-0.25, -0.2) is 5.84 Å². The molecule has 422 valence electrons. The molecular formula is C53H56Cl2N10O15. The van der Waals surface area contributed by atoms with E-state index in [0.29, 0.717) is 6.42 Å². The van der Waals surface area contributed by atoms with Gasteiger partial charge in [0.1, 0.15) is 71.0 Å². The normalized spacial score (nSPS) is 22.4. The van der Waals surface area contributed by atoms with Crippen molar-refractivity contribution in [3.8, 4) is 57.1 Å². The quantitative estimate of drug-likeness (QED) is 0.0781. The fourth-order valence-electron chi connectivity index (χ4n) is 9.46. The van der Waals surface area contributed by atoms with Crippen molar-refractivity contribution < 1.29 is 74.0 Å². The number of halogens is 2. The first-order valence-electron chi connectivity index (χ1n) is 24.7. The van der Waals surface area contributed by atoms with Crippen molar-refractivity contribution in [2.24, 2.45) is 22.5 Å². The second-order valence-electron chi connectivity index (χ2n) is 19.5. The van der Waals surface area contributed by atoms with Crippen LogP contribution >= 0.6 is 23.2 Å². The van der Waals surface area contributed by atoms with Crippen LogP contribution in [0.2, 0.25) is 10.0 Å². The summed E-state index contributed by atoms with van der Waals surface area (Å²) in [6, 6.07) is 3.44. The number of nitrogens with two attached hydrogens (primary N) is 2. The largest absolute Gasteiger partial charge is 0.508 e. The lowest BCUT2D eigenvalue weighted by atomic mass is 9.90. The average molecular weight is 1140 g/mol. The zero-order chi connectivity index (χ0) is 58.0. The Kier molecular flexibility index (Phi) is 17.2. The number of hydrogen-bond acceptors (Lipinski definition) is 19. The molecule has 11 bridgehead atoms. The number of nitrogens with zero attached hydrogens (tertiary/aromatic N) is 1. The number of carbonyl (C=O) groups excluding carboxylic acids is 6. The van der Waals surface area contributed by atoms with Gasteiger partial charge in [0.15, 0.2) is 17.5 Å². The van der Waals surface area contributed by atoms with E-state index in [-0.39, 0.29) is 66.4 Å². The number of phenols is 4. The van der Waals surface area contributed by atoms with E-state index in [1.165, 1.54) is 67.7 Å². The minimum atomic E-state index is -1.99. The molecule has 5 aliphatic rings. The summed E-state index contributed by atoms with van der Waals surface area (Å²) < 4.78 is 12.4. The van der Waals surface area contributed by atoms with Gasteiger partial charge in [-0.2, -0.15) is 0 Å². The van der Waals surface area contributed by atoms with Crippen LogP contribution in [0.15, 0.2) is 83.9 Å². The monoisotopic (exact) mass is 1140 g/mol. The molecule has 0 saturated heterocycles. The lowest BCUT2D eigenvalue weighted by Crippen LogP contribution is -2.59. The predicted octanol–water partition coefficient (Wildman–Crippen LogP) is 2.05. The van der Waals surface area contributed by atoms with E-state index >= 15 is 4.79 Å². The molecule has 0 aromatic heterocycles. The highest BCUT2D eigenvalue weighted by molar-refractivity contribution is 6.32.